The van der Waals surface area contributed by atoms with Crippen molar-refractivity contribution in [1.29, 1.82) is 0 Å². The maximum atomic E-state index is 12.8. The van der Waals surface area contributed by atoms with Crippen molar-refractivity contribution >= 4 is 56.7 Å². The maximum absolute atomic E-state index is 12.8. The van der Waals surface area contributed by atoms with E-state index in [-0.39, 0.29) is 63.8 Å². The number of benzene rings is 6. The van der Waals surface area contributed by atoms with Crippen LogP contribution in [0.5, 0.6) is 0 Å². The molecule has 8 aliphatic rings. The van der Waals surface area contributed by atoms with Crippen LogP contribution in [0.15, 0.2) is 211 Å². The summed E-state index contributed by atoms with van der Waals surface area (Å²) in [6, 6.07) is 64.3. The van der Waals surface area contributed by atoms with E-state index in [1.807, 2.05) is 0 Å². The second-order valence-corrected chi connectivity index (χ2v) is 26.6. The molecule has 9 nitrogen and oxygen atoms in total. The summed E-state index contributed by atoms with van der Waals surface area (Å²) in [7, 11) is -3.14. The molecule has 8 saturated carbocycles. The zero-order chi connectivity index (χ0) is 56.3. The normalized spacial score (nSPS) is 25.8. The average molecular weight is 1200 g/mol. The van der Waals surface area contributed by atoms with Crippen LogP contribution >= 0.6 is 12.4 Å². The summed E-state index contributed by atoms with van der Waals surface area (Å²) < 4.78 is 84.5. The summed E-state index contributed by atoms with van der Waals surface area (Å²) >= 11 is 0. The third kappa shape index (κ3) is 18.0. The zero-order valence-electron chi connectivity index (χ0n) is 45.4. The van der Waals surface area contributed by atoms with Gasteiger partial charge in [-0.05, 0) is 174 Å². The van der Waals surface area contributed by atoms with Gasteiger partial charge in [0.15, 0.2) is 36.0 Å². The molecule has 8 fully saturated rings. The number of carbonyl (C=O) groups excluding carboxylic acids is 2. The van der Waals surface area contributed by atoms with Gasteiger partial charge in [-0.15, -0.1) is 25.0 Å². The van der Waals surface area contributed by atoms with Gasteiger partial charge in [-0.1, -0.05) is 109 Å². The minimum atomic E-state index is -3.11. The predicted octanol–water partition coefficient (Wildman–Crippen LogP) is 10.8. The van der Waals surface area contributed by atoms with E-state index < -0.39 is 70.1 Å². The van der Waals surface area contributed by atoms with Gasteiger partial charge in [-0.2, -0.15) is 0 Å². The fourth-order valence-electron chi connectivity index (χ4n) is 13.7. The van der Waals surface area contributed by atoms with Crippen molar-refractivity contribution in [2.45, 2.75) is 130 Å². The number of rotatable bonds is 12. The third-order valence-electron chi connectivity index (χ3n) is 15.6. The SMILES string of the molecule is CC(F)(F)COC(=O)C12CC3CC(CC(O)(C3)C1)C2.Cl.O=C(OC[C-](F)F)C12CC3CC(CC(O)(C3)C1)C2.O=S(=O)=O.[Na+].c1ccc([S+](c2ccccc2)c2ccccc2)cc1.c1ccc([S+](c2ccccc2)c2ccccc2)cc1. The molecule has 0 spiro atoms. The standard InChI is InChI=1S/2C18H15S.C14H20F2O3.C13H17F2O3.ClH.Na.O3S/c2*1-4-10-16(11-5-1)19(17-12-6-2-7-13-17)18-14-8-3-9-15-18;1-12(15,16)8-19-11(17)13-3-9-2-10(4-13)6-14(18,5-9)7-13;14-10(15)6-18-11(16)12-2-8-1-9(3-12)5-13(17,4-8)7-12;;;1-4(2)3/h2*1-15H;9-10,18H,2-8H2,1H3;8-9,17H,1-7H2;1H;;/q2*+1;;-1;;+1;. The van der Waals surface area contributed by atoms with E-state index >= 15 is 0 Å². The van der Waals surface area contributed by atoms with Gasteiger partial charge in [0.05, 0.1) is 43.8 Å². The van der Waals surface area contributed by atoms with Gasteiger partial charge < -0.3 is 28.5 Å². The van der Waals surface area contributed by atoms with Crippen LogP contribution in [0.1, 0.15) is 84.0 Å². The molecule has 18 heteroatoms. The van der Waals surface area contributed by atoms with Crippen LogP contribution in [0.25, 0.3) is 0 Å². The first-order valence-corrected chi connectivity index (χ1v) is 30.1. The molecular formula is C63H68ClF4NaO9S3+2. The summed E-state index contributed by atoms with van der Waals surface area (Å²) in [6.45, 7) is -1.02. The van der Waals surface area contributed by atoms with Gasteiger partial charge in [-0.3, -0.25) is 9.59 Å². The van der Waals surface area contributed by atoms with Crippen molar-refractivity contribution in [2.24, 2.45) is 34.5 Å². The van der Waals surface area contributed by atoms with Gasteiger partial charge in [0.25, 0.3) is 5.92 Å². The van der Waals surface area contributed by atoms with Crippen molar-refractivity contribution in [3.8, 4) is 0 Å². The van der Waals surface area contributed by atoms with Crippen molar-refractivity contribution in [3.05, 3.63) is 188 Å². The van der Waals surface area contributed by atoms with E-state index in [1.54, 1.807) is 0 Å². The van der Waals surface area contributed by atoms with Crippen LogP contribution in [-0.4, -0.2) is 65.1 Å². The van der Waals surface area contributed by atoms with Crippen LogP contribution in [0.4, 0.5) is 17.6 Å². The van der Waals surface area contributed by atoms with Crippen LogP contribution in [0.2, 0.25) is 0 Å². The van der Waals surface area contributed by atoms with Crippen molar-refractivity contribution in [3.63, 3.8) is 0 Å². The average Bonchev–Trinajstić information content (AvgIpc) is 3.54. The molecule has 0 heterocycles. The fraction of sp³-hybridized carbons (Fsp3) is 0.381. The topological polar surface area (TPSA) is 144 Å². The number of alkyl halides is 2. The maximum Gasteiger partial charge on any atom is 1.00 e. The zero-order valence-corrected chi connectivity index (χ0v) is 50.7. The molecule has 6 aromatic carbocycles. The molecule has 8 aliphatic carbocycles. The Balaban J connectivity index is 0.000000169. The molecule has 0 saturated heterocycles. The Hall–Kier alpha value is -4.49. The number of esters is 2. The van der Waals surface area contributed by atoms with E-state index in [0.29, 0.717) is 62.2 Å². The summed E-state index contributed by atoms with van der Waals surface area (Å²) in [5.74, 6) is -2.66. The monoisotopic (exact) mass is 1200 g/mol. The predicted molar refractivity (Wildman–Crippen MR) is 302 cm³/mol. The summed E-state index contributed by atoms with van der Waals surface area (Å²) in [4.78, 5) is 32.4. The van der Waals surface area contributed by atoms with Crippen molar-refractivity contribution < 1.29 is 89.0 Å². The number of hydrogen-bond acceptors (Lipinski definition) is 9. The molecule has 8 bridgehead atoms. The van der Waals surface area contributed by atoms with Gasteiger partial charge in [0, 0.05) is 20.0 Å². The van der Waals surface area contributed by atoms with Crippen LogP contribution in [0.3, 0.4) is 0 Å². The Morgan fingerprint density at radius 2 is 0.741 bits per heavy atom. The van der Waals surface area contributed by atoms with Gasteiger partial charge in [0.2, 0.25) is 0 Å². The van der Waals surface area contributed by atoms with Gasteiger partial charge in [0.1, 0.15) is 0 Å². The van der Waals surface area contributed by atoms with E-state index in [4.69, 9.17) is 22.1 Å². The number of ether oxygens (including phenoxy) is 2. The molecule has 4 atom stereocenters. The second kappa shape index (κ2) is 29.4. The molecular weight excluding hydrogens is 1130 g/mol. The fourth-order valence-corrected chi connectivity index (χ4v) is 17.9. The number of halogens is 5. The molecule has 0 aromatic heterocycles. The first-order valence-electron chi connectivity index (χ1n) is 26.6. The Bertz CT molecular complexity index is 2690. The molecule has 4 unspecified atom stereocenters. The Kier molecular flexibility index (Phi) is 23.8. The number of aliphatic hydroxyl groups is 2. The molecule has 2 N–H and O–H groups in total. The minimum Gasteiger partial charge on any atom is -0.493 e. The first kappa shape index (κ1) is 65.7. The van der Waals surface area contributed by atoms with Crippen LogP contribution < -0.4 is 29.6 Å². The van der Waals surface area contributed by atoms with Gasteiger partial charge >= 0.3 is 52.1 Å². The quantitative estimate of drug-likeness (QED) is 0.0402. The molecule has 426 valence electrons. The first-order chi connectivity index (χ1) is 37.7. The Morgan fingerprint density at radius 3 is 0.951 bits per heavy atom. The summed E-state index contributed by atoms with van der Waals surface area (Å²) in [5, 5.41) is 20.9. The van der Waals surface area contributed by atoms with Crippen molar-refractivity contribution in [1.82, 2.24) is 0 Å². The van der Waals surface area contributed by atoms with E-state index in [0.717, 1.165) is 45.4 Å². The summed E-state index contributed by atoms with van der Waals surface area (Å²) in [6.07, 6.45) is 6.79. The number of carbonyl (C=O) groups is 2. The smallest absolute Gasteiger partial charge is 0.493 e. The van der Waals surface area contributed by atoms with Gasteiger partial charge in [-0.25, -0.2) is 8.78 Å². The molecule has 0 amide bonds. The van der Waals surface area contributed by atoms with E-state index in [2.05, 4.69) is 182 Å². The molecule has 6 aromatic rings. The third-order valence-corrected chi connectivity index (χ3v) is 20.0. The largest absolute Gasteiger partial charge is 1.00 e. The number of hydrogen-bond donors (Lipinski definition) is 2. The Labute approximate surface area is 508 Å². The van der Waals surface area contributed by atoms with E-state index in [9.17, 15) is 37.4 Å². The van der Waals surface area contributed by atoms with Crippen LogP contribution in [-0.2, 0) is 51.5 Å². The molecule has 14 rings (SSSR count). The minimum absolute atomic E-state index is 0. The van der Waals surface area contributed by atoms with Crippen molar-refractivity contribution in [2.75, 3.05) is 13.2 Å². The Morgan fingerprint density at radius 1 is 0.506 bits per heavy atom. The molecule has 0 aliphatic heterocycles. The molecule has 0 radical (unpaired) electrons. The molecule has 81 heavy (non-hydrogen) atoms. The summed E-state index contributed by atoms with van der Waals surface area (Å²) in [5.41, 5.74) is -2.93. The second-order valence-electron chi connectivity index (χ2n) is 22.2. The van der Waals surface area contributed by atoms with Crippen LogP contribution in [0, 0.1) is 40.9 Å². The van der Waals surface area contributed by atoms with E-state index in [1.165, 1.54) is 29.4 Å².